The third kappa shape index (κ3) is 1.35. The van der Waals surface area contributed by atoms with Crippen molar-refractivity contribution in [3.05, 3.63) is 54.5 Å². The molecule has 0 radical (unpaired) electrons. The van der Waals surface area contributed by atoms with E-state index in [2.05, 4.69) is 10.3 Å². The van der Waals surface area contributed by atoms with Crippen molar-refractivity contribution in [2.24, 2.45) is 0 Å². The Morgan fingerprint density at radius 1 is 1.00 bits per heavy atom. The fraction of sp³-hybridized carbons (Fsp3) is 0. The molecule has 0 N–H and O–H groups in total. The molecule has 3 nitrogen and oxygen atoms in total. The van der Waals surface area contributed by atoms with E-state index in [9.17, 15) is 4.39 Å². The Hall–Kier alpha value is -2.23. The molecule has 4 heteroatoms. The molecule has 2 aromatic heterocycles. The minimum Gasteiger partial charge on any atom is -0.220 e. The predicted molar refractivity (Wildman–Crippen MR) is 58.4 cm³/mol. The Kier molecular flexibility index (Phi) is 1.93. The molecular weight excluding hydrogens is 205 g/mol. The van der Waals surface area contributed by atoms with Gasteiger partial charge < -0.3 is 0 Å². The van der Waals surface area contributed by atoms with Crippen LogP contribution in [0.25, 0.3) is 16.8 Å². The SMILES string of the molecule is Fc1ccc(-c2nnn3ccccc23)cc1. The first kappa shape index (κ1) is 9.03. The molecule has 0 aliphatic carbocycles. The van der Waals surface area contributed by atoms with Crippen molar-refractivity contribution in [1.29, 1.82) is 0 Å². The van der Waals surface area contributed by atoms with Crippen LogP contribution in [-0.2, 0) is 0 Å². The molecule has 0 amide bonds. The van der Waals surface area contributed by atoms with E-state index in [4.69, 9.17) is 0 Å². The predicted octanol–water partition coefficient (Wildman–Crippen LogP) is 2.54. The zero-order valence-corrected chi connectivity index (χ0v) is 8.34. The topological polar surface area (TPSA) is 30.2 Å². The zero-order chi connectivity index (χ0) is 11.0. The average Bonchev–Trinajstić information content (AvgIpc) is 2.74. The smallest absolute Gasteiger partial charge is 0.123 e. The second kappa shape index (κ2) is 3.41. The normalized spacial score (nSPS) is 10.8. The van der Waals surface area contributed by atoms with Gasteiger partial charge in [-0.2, -0.15) is 0 Å². The monoisotopic (exact) mass is 213 g/mol. The molecule has 0 bridgehead atoms. The summed E-state index contributed by atoms with van der Waals surface area (Å²) in [6.07, 6.45) is 1.83. The van der Waals surface area contributed by atoms with Crippen LogP contribution < -0.4 is 0 Å². The third-order valence-corrected chi connectivity index (χ3v) is 2.44. The summed E-state index contributed by atoms with van der Waals surface area (Å²) in [5.41, 5.74) is 2.54. The Morgan fingerprint density at radius 3 is 2.62 bits per heavy atom. The first-order valence-corrected chi connectivity index (χ1v) is 4.90. The molecule has 0 fully saturated rings. The molecule has 0 unspecified atom stereocenters. The summed E-state index contributed by atoms with van der Waals surface area (Å²) < 4.78 is 14.5. The van der Waals surface area contributed by atoms with Crippen molar-refractivity contribution in [3.8, 4) is 11.3 Å². The number of benzene rings is 1. The summed E-state index contributed by atoms with van der Waals surface area (Å²) in [6, 6.07) is 12.0. The first-order valence-electron chi connectivity index (χ1n) is 4.90. The van der Waals surface area contributed by atoms with Gasteiger partial charge in [0, 0.05) is 11.8 Å². The maximum atomic E-state index is 12.8. The minimum absolute atomic E-state index is 0.250. The molecule has 2 heterocycles. The summed E-state index contributed by atoms with van der Waals surface area (Å²) >= 11 is 0. The molecule has 78 valence electrons. The Morgan fingerprint density at radius 2 is 1.81 bits per heavy atom. The van der Waals surface area contributed by atoms with Gasteiger partial charge in [-0.1, -0.05) is 11.3 Å². The van der Waals surface area contributed by atoms with Crippen molar-refractivity contribution in [1.82, 2.24) is 14.8 Å². The highest BCUT2D eigenvalue weighted by molar-refractivity contribution is 5.75. The van der Waals surface area contributed by atoms with Gasteiger partial charge in [0.2, 0.25) is 0 Å². The molecule has 0 spiro atoms. The average molecular weight is 213 g/mol. The number of rotatable bonds is 1. The van der Waals surface area contributed by atoms with E-state index in [-0.39, 0.29) is 5.82 Å². The van der Waals surface area contributed by atoms with Crippen LogP contribution in [0.1, 0.15) is 0 Å². The molecule has 0 saturated carbocycles. The number of hydrogen-bond acceptors (Lipinski definition) is 2. The van der Waals surface area contributed by atoms with Crippen LogP contribution in [0.3, 0.4) is 0 Å². The van der Waals surface area contributed by atoms with E-state index in [0.717, 1.165) is 16.8 Å². The Bertz CT molecular complexity index is 628. The van der Waals surface area contributed by atoms with Gasteiger partial charge in [-0.05, 0) is 36.4 Å². The van der Waals surface area contributed by atoms with Crippen molar-refractivity contribution >= 4 is 5.52 Å². The number of halogens is 1. The van der Waals surface area contributed by atoms with Gasteiger partial charge in [0.25, 0.3) is 0 Å². The number of hydrogen-bond donors (Lipinski definition) is 0. The van der Waals surface area contributed by atoms with Gasteiger partial charge in [0.05, 0.1) is 5.52 Å². The van der Waals surface area contributed by atoms with Crippen LogP contribution in [0, 0.1) is 5.82 Å². The number of aromatic nitrogens is 3. The van der Waals surface area contributed by atoms with Crippen LogP contribution in [0.5, 0.6) is 0 Å². The fourth-order valence-corrected chi connectivity index (χ4v) is 1.66. The lowest BCUT2D eigenvalue weighted by Crippen LogP contribution is -1.83. The molecule has 3 aromatic rings. The lowest BCUT2D eigenvalue weighted by atomic mass is 10.1. The number of pyridine rings is 1. The fourth-order valence-electron chi connectivity index (χ4n) is 1.66. The molecule has 0 atom stereocenters. The highest BCUT2D eigenvalue weighted by Gasteiger charge is 2.07. The summed E-state index contributed by atoms with van der Waals surface area (Å²) in [5, 5.41) is 8.08. The third-order valence-electron chi connectivity index (χ3n) is 2.44. The standard InChI is InChI=1S/C12H8FN3/c13-10-6-4-9(5-7-10)12-11-3-1-2-8-16(11)15-14-12/h1-8H. The van der Waals surface area contributed by atoms with Crippen molar-refractivity contribution in [2.75, 3.05) is 0 Å². The van der Waals surface area contributed by atoms with E-state index in [1.807, 2.05) is 24.4 Å². The van der Waals surface area contributed by atoms with Crippen LogP contribution >= 0.6 is 0 Å². The van der Waals surface area contributed by atoms with Gasteiger partial charge >= 0.3 is 0 Å². The largest absolute Gasteiger partial charge is 0.220 e. The van der Waals surface area contributed by atoms with E-state index >= 15 is 0 Å². The quantitative estimate of drug-likeness (QED) is 0.621. The minimum atomic E-state index is -0.250. The number of fused-ring (bicyclic) bond motifs is 1. The molecule has 0 saturated heterocycles. The van der Waals surface area contributed by atoms with Gasteiger partial charge in [0.1, 0.15) is 11.5 Å². The zero-order valence-electron chi connectivity index (χ0n) is 8.34. The number of nitrogens with zero attached hydrogens (tertiary/aromatic N) is 3. The van der Waals surface area contributed by atoms with Crippen LogP contribution in [0.4, 0.5) is 4.39 Å². The summed E-state index contributed by atoms with van der Waals surface area (Å²) in [7, 11) is 0. The Balaban J connectivity index is 2.22. The lowest BCUT2D eigenvalue weighted by molar-refractivity contribution is 0.628. The van der Waals surface area contributed by atoms with Gasteiger partial charge in [-0.15, -0.1) is 5.10 Å². The molecule has 3 rings (SSSR count). The summed E-state index contributed by atoms with van der Waals surface area (Å²) in [5.74, 6) is -0.250. The molecular formula is C12H8FN3. The van der Waals surface area contributed by atoms with Gasteiger partial charge in [-0.3, -0.25) is 0 Å². The van der Waals surface area contributed by atoms with E-state index in [1.54, 1.807) is 16.6 Å². The maximum Gasteiger partial charge on any atom is 0.123 e. The Labute approximate surface area is 91.1 Å². The highest BCUT2D eigenvalue weighted by Crippen LogP contribution is 2.21. The first-order chi connectivity index (χ1) is 7.84. The van der Waals surface area contributed by atoms with Crippen molar-refractivity contribution in [2.45, 2.75) is 0 Å². The molecule has 1 aromatic carbocycles. The maximum absolute atomic E-state index is 12.8. The summed E-state index contributed by atoms with van der Waals surface area (Å²) in [4.78, 5) is 0. The van der Waals surface area contributed by atoms with E-state index in [1.165, 1.54) is 12.1 Å². The van der Waals surface area contributed by atoms with Gasteiger partial charge in [0.15, 0.2) is 0 Å². The lowest BCUT2D eigenvalue weighted by Gasteiger charge is -1.96. The van der Waals surface area contributed by atoms with E-state index < -0.39 is 0 Å². The molecule has 0 aliphatic heterocycles. The van der Waals surface area contributed by atoms with Crippen LogP contribution in [-0.4, -0.2) is 14.8 Å². The van der Waals surface area contributed by atoms with Crippen molar-refractivity contribution < 1.29 is 4.39 Å². The molecule has 0 aliphatic rings. The summed E-state index contributed by atoms with van der Waals surface area (Å²) in [6.45, 7) is 0. The molecule has 16 heavy (non-hydrogen) atoms. The second-order valence-electron chi connectivity index (χ2n) is 3.48. The highest BCUT2D eigenvalue weighted by atomic mass is 19.1. The second-order valence-corrected chi connectivity index (χ2v) is 3.48. The van der Waals surface area contributed by atoms with Crippen LogP contribution in [0.15, 0.2) is 48.7 Å². The van der Waals surface area contributed by atoms with Crippen LogP contribution in [0.2, 0.25) is 0 Å². The van der Waals surface area contributed by atoms with Crippen molar-refractivity contribution in [3.63, 3.8) is 0 Å². The van der Waals surface area contributed by atoms with E-state index in [0.29, 0.717) is 0 Å². The van der Waals surface area contributed by atoms with Gasteiger partial charge in [-0.25, -0.2) is 8.91 Å².